The number of likely N-dealkylation sites (tertiary alicyclic amines) is 1. The highest BCUT2D eigenvalue weighted by Crippen LogP contribution is 2.65. The van der Waals surface area contributed by atoms with Crippen LogP contribution < -0.4 is 14.8 Å². The van der Waals surface area contributed by atoms with Gasteiger partial charge in [0.1, 0.15) is 23.5 Å². The van der Waals surface area contributed by atoms with E-state index in [0.717, 1.165) is 43.4 Å². The van der Waals surface area contributed by atoms with Gasteiger partial charge in [-0.25, -0.2) is 0 Å². The molecule has 2 aliphatic heterocycles. The van der Waals surface area contributed by atoms with Gasteiger partial charge in [0, 0.05) is 34.7 Å². The lowest BCUT2D eigenvalue weighted by Gasteiger charge is -2.59. The molecule has 0 amide bonds. The van der Waals surface area contributed by atoms with Crippen molar-refractivity contribution in [2.24, 2.45) is 5.92 Å². The number of likely N-dealkylation sites (N-methyl/N-ethyl adjacent to an activating group) is 1. The number of aliphatic hydroxyl groups is 1. The van der Waals surface area contributed by atoms with Gasteiger partial charge in [-0.2, -0.15) is 0 Å². The van der Waals surface area contributed by atoms with Crippen molar-refractivity contribution in [3.8, 4) is 17.2 Å². The highest BCUT2D eigenvalue weighted by Gasteiger charge is 2.66. The summed E-state index contributed by atoms with van der Waals surface area (Å²) in [7, 11) is 3.84. The molecule has 4 aliphatic rings. The molecule has 2 bridgehead atoms. The Morgan fingerprint density at radius 2 is 2.15 bits per heavy atom. The number of nitrogens with one attached hydrogen (secondary N) is 1. The molecule has 2 aliphatic carbocycles. The first-order chi connectivity index (χ1) is 15.6. The average molecular weight is 461 g/mol. The fraction of sp³-hybridized carbons (Fsp3) is 0.720. The van der Waals surface area contributed by atoms with E-state index in [1.807, 2.05) is 20.8 Å². The van der Waals surface area contributed by atoms with Gasteiger partial charge in [-0.15, -0.1) is 0 Å². The minimum Gasteiger partial charge on any atom is -0.504 e. The Morgan fingerprint density at radius 3 is 2.82 bits per heavy atom. The van der Waals surface area contributed by atoms with E-state index < -0.39 is 17.6 Å². The van der Waals surface area contributed by atoms with E-state index in [4.69, 9.17) is 14.2 Å². The van der Waals surface area contributed by atoms with E-state index in [9.17, 15) is 15.0 Å². The quantitative estimate of drug-likeness (QED) is 0.572. The lowest BCUT2D eigenvalue weighted by Crippen LogP contribution is -2.69. The van der Waals surface area contributed by atoms with Crippen LogP contribution in [0.4, 0.5) is 0 Å². The number of nitrogens with zero attached hydrogens (tertiary/aromatic N) is 1. The summed E-state index contributed by atoms with van der Waals surface area (Å²) in [5, 5.41) is 24.2. The molecule has 1 aromatic rings. The normalized spacial score (nSPS) is 33.2. The van der Waals surface area contributed by atoms with Gasteiger partial charge in [-0.3, -0.25) is 10.1 Å². The van der Waals surface area contributed by atoms with Gasteiger partial charge in [-0.05, 0) is 66.0 Å². The van der Waals surface area contributed by atoms with Crippen LogP contribution in [0.15, 0.2) is 6.07 Å². The zero-order valence-electron chi connectivity index (χ0n) is 20.2. The number of phenols is 1. The average Bonchev–Trinajstić information content (AvgIpc) is 3.10. The van der Waals surface area contributed by atoms with E-state index in [0.29, 0.717) is 23.5 Å². The zero-order valence-corrected chi connectivity index (χ0v) is 20.2. The first-order valence-corrected chi connectivity index (χ1v) is 12.0. The molecule has 1 saturated carbocycles. The van der Waals surface area contributed by atoms with Crippen molar-refractivity contribution in [1.29, 1.82) is 0 Å². The maximum absolute atomic E-state index is 12.7. The van der Waals surface area contributed by atoms with Crippen LogP contribution in [-0.2, 0) is 21.4 Å². The molecule has 33 heavy (non-hydrogen) atoms. The largest absolute Gasteiger partial charge is 0.504 e. The van der Waals surface area contributed by atoms with Crippen molar-refractivity contribution < 1.29 is 29.2 Å². The van der Waals surface area contributed by atoms with Crippen LogP contribution in [0.1, 0.15) is 51.2 Å². The summed E-state index contributed by atoms with van der Waals surface area (Å²) in [5.41, 5.74) is 1.34. The number of piperidine rings is 1. The molecule has 1 saturated heterocycles. The molecule has 1 aromatic carbocycles. The molecule has 0 unspecified atom stereocenters. The maximum Gasteiger partial charge on any atom is 0.326 e. The van der Waals surface area contributed by atoms with E-state index in [1.165, 1.54) is 0 Å². The fourth-order valence-corrected chi connectivity index (χ4v) is 6.97. The molecule has 5 rings (SSSR count). The zero-order chi connectivity index (χ0) is 23.7. The fourth-order valence-electron chi connectivity index (χ4n) is 6.97. The maximum atomic E-state index is 12.7. The molecular formula is C25H36N2O6. The van der Waals surface area contributed by atoms with Crippen LogP contribution in [0, 0.1) is 5.92 Å². The van der Waals surface area contributed by atoms with Crippen molar-refractivity contribution in [3.63, 3.8) is 0 Å². The van der Waals surface area contributed by atoms with Gasteiger partial charge in [0.25, 0.3) is 0 Å². The number of aromatic hydroxyl groups is 1. The molecule has 8 nitrogen and oxygen atoms in total. The third kappa shape index (κ3) is 3.33. The van der Waals surface area contributed by atoms with Crippen LogP contribution in [0.3, 0.4) is 0 Å². The second-order valence-electron chi connectivity index (χ2n) is 11.1. The van der Waals surface area contributed by atoms with Crippen molar-refractivity contribution in [3.05, 3.63) is 17.2 Å². The number of methoxy groups -OCH3 is 1. The van der Waals surface area contributed by atoms with Crippen LogP contribution in [0.5, 0.6) is 17.2 Å². The second-order valence-corrected chi connectivity index (χ2v) is 11.1. The predicted molar refractivity (Wildman–Crippen MR) is 122 cm³/mol. The molecule has 0 radical (unpaired) electrons. The van der Waals surface area contributed by atoms with Crippen LogP contribution >= 0.6 is 0 Å². The van der Waals surface area contributed by atoms with Gasteiger partial charge in [0.15, 0.2) is 11.5 Å². The van der Waals surface area contributed by atoms with Gasteiger partial charge in [-0.1, -0.05) is 0 Å². The minimum absolute atomic E-state index is 0.107. The minimum atomic E-state index is -0.831. The lowest BCUT2D eigenvalue weighted by atomic mass is 9.51. The molecule has 2 heterocycles. The highest BCUT2D eigenvalue weighted by atomic mass is 16.6. The summed E-state index contributed by atoms with van der Waals surface area (Å²) in [5.74, 6) is 1.32. The van der Waals surface area contributed by atoms with Crippen molar-refractivity contribution >= 4 is 5.97 Å². The van der Waals surface area contributed by atoms with E-state index in [1.54, 1.807) is 13.2 Å². The SMILES string of the molecule is COc1cc(O)c2c3c1C[C@@H]1[C@@H]4CC[C@@H](N[C@@H](CO)C(=O)OC(C)(C)C)[C@H](O2)[C@]34CCN1C. The Balaban J connectivity index is 1.54. The number of phenolic OH excluding ortho intramolecular Hbond substituents is 1. The van der Waals surface area contributed by atoms with Gasteiger partial charge >= 0.3 is 5.97 Å². The molecule has 8 heteroatoms. The van der Waals surface area contributed by atoms with Crippen molar-refractivity contribution in [2.45, 2.75) is 81.7 Å². The summed E-state index contributed by atoms with van der Waals surface area (Å²) in [6.07, 6.45) is 3.35. The third-order valence-electron chi connectivity index (χ3n) is 8.19. The number of rotatable bonds is 5. The summed E-state index contributed by atoms with van der Waals surface area (Å²) >= 11 is 0. The second kappa shape index (κ2) is 7.75. The van der Waals surface area contributed by atoms with E-state index >= 15 is 0 Å². The van der Waals surface area contributed by atoms with E-state index in [-0.39, 0.29) is 29.9 Å². The van der Waals surface area contributed by atoms with Gasteiger partial charge < -0.3 is 29.3 Å². The summed E-state index contributed by atoms with van der Waals surface area (Å²) in [6, 6.07) is 1.06. The standard InChI is InChI=1S/C25H36N2O6/c1-24(2,3)33-23(30)16(12-28)26-15-7-6-14-17-10-13-19(31-5)11-18(29)21-20(13)25(14,22(15)32-21)8-9-27(17)4/h11,14-17,22,26,28-29H,6-10,12H2,1-5H3/t14-,15+,16-,17+,22-,25-/m0/s1. The summed E-state index contributed by atoms with van der Waals surface area (Å²) in [6.45, 7) is 6.05. The number of carbonyl (C=O) groups excluding carboxylic acids is 1. The van der Waals surface area contributed by atoms with Crippen molar-refractivity contribution in [2.75, 3.05) is 27.3 Å². The Hall–Kier alpha value is -2.03. The van der Waals surface area contributed by atoms with E-state index in [2.05, 4.69) is 17.3 Å². The molecule has 2 fully saturated rings. The molecule has 1 spiro atoms. The topological polar surface area (TPSA) is 100 Å². The lowest BCUT2D eigenvalue weighted by molar-refractivity contribution is -0.159. The molecule has 3 N–H and O–H groups in total. The van der Waals surface area contributed by atoms with Crippen molar-refractivity contribution in [1.82, 2.24) is 10.2 Å². The van der Waals surface area contributed by atoms with Gasteiger partial charge in [0.05, 0.1) is 13.7 Å². The van der Waals surface area contributed by atoms with Crippen LogP contribution in [0.2, 0.25) is 0 Å². The number of ether oxygens (including phenoxy) is 3. The Kier molecular flexibility index (Phi) is 5.34. The molecule has 0 aromatic heterocycles. The first kappa shape index (κ1) is 22.7. The summed E-state index contributed by atoms with van der Waals surface area (Å²) < 4.78 is 17.8. The number of hydrogen-bond acceptors (Lipinski definition) is 8. The third-order valence-corrected chi connectivity index (χ3v) is 8.19. The number of benzene rings is 1. The molecule has 182 valence electrons. The number of hydrogen-bond donors (Lipinski definition) is 3. The Bertz CT molecular complexity index is 959. The Labute approximate surface area is 195 Å². The summed E-state index contributed by atoms with van der Waals surface area (Å²) in [4.78, 5) is 15.2. The number of carbonyl (C=O) groups is 1. The van der Waals surface area contributed by atoms with Gasteiger partial charge in [0.2, 0.25) is 0 Å². The molecular weight excluding hydrogens is 424 g/mol. The predicted octanol–water partition coefficient (Wildman–Crippen LogP) is 1.73. The van der Waals surface area contributed by atoms with Crippen LogP contribution in [0.25, 0.3) is 0 Å². The first-order valence-electron chi connectivity index (χ1n) is 12.0. The number of aliphatic hydroxyl groups excluding tert-OH is 1. The van der Waals surface area contributed by atoms with Crippen LogP contribution in [-0.4, -0.2) is 78.2 Å². The molecule has 6 atom stereocenters. The smallest absolute Gasteiger partial charge is 0.326 e. The highest BCUT2D eigenvalue weighted by molar-refractivity contribution is 5.76. The monoisotopic (exact) mass is 460 g/mol. The number of esters is 1. The Morgan fingerprint density at radius 1 is 1.39 bits per heavy atom.